The second kappa shape index (κ2) is 7.34. The van der Waals surface area contributed by atoms with E-state index in [9.17, 15) is 9.59 Å². The molecule has 0 bridgehead atoms. The van der Waals surface area contributed by atoms with Crippen LogP contribution in [-0.4, -0.2) is 11.6 Å². The van der Waals surface area contributed by atoms with E-state index in [1.165, 1.54) is 0 Å². The number of rotatable bonds is 6. The van der Waals surface area contributed by atoms with E-state index in [1.807, 2.05) is 54.6 Å². The SMILES string of the molecule is CC(=O)CC(/C=C/C(=O)c1ccccc1)c1ccccc1. The Kier molecular flexibility index (Phi) is 5.22. The maximum Gasteiger partial charge on any atom is 0.185 e. The molecular formula is C19H18O2. The summed E-state index contributed by atoms with van der Waals surface area (Å²) in [6.45, 7) is 1.57. The number of ketones is 2. The lowest BCUT2D eigenvalue weighted by Gasteiger charge is -2.11. The van der Waals surface area contributed by atoms with Crippen LogP contribution < -0.4 is 0 Å². The molecule has 0 aliphatic carbocycles. The largest absolute Gasteiger partial charge is 0.300 e. The van der Waals surface area contributed by atoms with Crippen molar-refractivity contribution in [3.63, 3.8) is 0 Å². The molecule has 0 aromatic heterocycles. The molecule has 0 saturated heterocycles. The van der Waals surface area contributed by atoms with E-state index in [0.717, 1.165) is 5.56 Å². The number of carbonyl (C=O) groups excluding carboxylic acids is 2. The highest BCUT2D eigenvalue weighted by atomic mass is 16.1. The molecule has 2 aromatic rings. The molecule has 2 heteroatoms. The zero-order chi connectivity index (χ0) is 15.1. The van der Waals surface area contributed by atoms with E-state index in [0.29, 0.717) is 12.0 Å². The van der Waals surface area contributed by atoms with E-state index >= 15 is 0 Å². The third kappa shape index (κ3) is 4.53. The van der Waals surface area contributed by atoms with Gasteiger partial charge in [0, 0.05) is 17.9 Å². The average molecular weight is 278 g/mol. The Labute approximate surface area is 125 Å². The molecular weight excluding hydrogens is 260 g/mol. The van der Waals surface area contributed by atoms with Crippen LogP contribution in [0, 0.1) is 0 Å². The second-order valence-electron chi connectivity index (χ2n) is 5.01. The fourth-order valence-corrected chi connectivity index (χ4v) is 2.21. The van der Waals surface area contributed by atoms with Crippen molar-refractivity contribution in [3.05, 3.63) is 83.9 Å². The van der Waals surface area contributed by atoms with Gasteiger partial charge in [0.25, 0.3) is 0 Å². The number of hydrogen-bond acceptors (Lipinski definition) is 2. The normalized spacial score (nSPS) is 12.2. The summed E-state index contributed by atoms with van der Waals surface area (Å²) in [6, 6.07) is 18.9. The molecule has 2 aromatic carbocycles. The minimum absolute atomic E-state index is 0.0416. The molecule has 0 aliphatic rings. The van der Waals surface area contributed by atoms with Gasteiger partial charge in [0.05, 0.1) is 0 Å². The van der Waals surface area contributed by atoms with Gasteiger partial charge < -0.3 is 0 Å². The zero-order valence-electron chi connectivity index (χ0n) is 12.0. The third-order valence-corrected chi connectivity index (χ3v) is 3.27. The van der Waals surface area contributed by atoms with Gasteiger partial charge in [0.15, 0.2) is 5.78 Å². The molecule has 0 N–H and O–H groups in total. The van der Waals surface area contributed by atoms with E-state index < -0.39 is 0 Å². The molecule has 0 saturated carbocycles. The number of carbonyl (C=O) groups is 2. The van der Waals surface area contributed by atoms with Crippen molar-refractivity contribution in [3.8, 4) is 0 Å². The lowest BCUT2D eigenvalue weighted by Crippen LogP contribution is -2.03. The molecule has 1 unspecified atom stereocenters. The maximum absolute atomic E-state index is 12.1. The third-order valence-electron chi connectivity index (χ3n) is 3.27. The Bertz CT molecular complexity index is 627. The van der Waals surface area contributed by atoms with E-state index in [-0.39, 0.29) is 17.5 Å². The molecule has 0 fully saturated rings. The Morgan fingerprint density at radius 2 is 1.52 bits per heavy atom. The summed E-state index contributed by atoms with van der Waals surface area (Å²) >= 11 is 0. The molecule has 0 spiro atoms. The molecule has 0 heterocycles. The molecule has 1 atom stereocenters. The number of hydrogen-bond donors (Lipinski definition) is 0. The van der Waals surface area contributed by atoms with Gasteiger partial charge in [-0.25, -0.2) is 0 Å². The molecule has 106 valence electrons. The Balaban J connectivity index is 2.17. The van der Waals surface area contributed by atoms with E-state index in [4.69, 9.17) is 0 Å². The zero-order valence-corrected chi connectivity index (χ0v) is 12.0. The predicted molar refractivity (Wildman–Crippen MR) is 84.4 cm³/mol. The van der Waals surface area contributed by atoms with Gasteiger partial charge in [-0.1, -0.05) is 66.7 Å². The predicted octanol–water partition coefficient (Wildman–Crippen LogP) is 4.19. The lowest BCUT2D eigenvalue weighted by molar-refractivity contribution is -0.117. The van der Waals surface area contributed by atoms with Gasteiger partial charge in [0.1, 0.15) is 5.78 Å². The minimum Gasteiger partial charge on any atom is -0.300 e. The Hall–Kier alpha value is -2.48. The molecule has 0 radical (unpaired) electrons. The van der Waals surface area contributed by atoms with E-state index in [1.54, 1.807) is 25.1 Å². The van der Waals surface area contributed by atoms with Gasteiger partial charge in [0.2, 0.25) is 0 Å². The first-order chi connectivity index (χ1) is 10.2. The van der Waals surface area contributed by atoms with Crippen LogP contribution in [0.1, 0.15) is 35.2 Å². The highest BCUT2D eigenvalue weighted by Crippen LogP contribution is 2.21. The standard InChI is InChI=1S/C19H18O2/c1-15(20)14-18(16-8-4-2-5-9-16)12-13-19(21)17-10-6-3-7-11-17/h2-13,18H,14H2,1H3/b13-12+. The number of benzene rings is 2. The molecule has 21 heavy (non-hydrogen) atoms. The smallest absolute Gasteiger partial charge is 0.185 e. The van der Waals surface area contributed by atoms with Crippen molar-refractivity contribution >= 4 is 11.6 Å². The summed E-state index contributed by atoms with van der Waals surface area (Å²) in [5, 5.41) is 0. The average Bonchev–Trinajstić information content (AvgIpc) is 2.52. The topological polar surface area (TPSA) is 34.1 Å². The van der Waals surface area contributed by atoms with Crippen molar-refractivity contribution in [1.29, 1.82) is 0 Å². The van der Waals surface area contributed by atoms with Crippen LogP contribution in [0.4, 0.5) is 0 Å². The van der Waals surface area contributed by atoms with Gasteiger partial charge in [-0.15, -0.1) is 0 Å². The van der Waals surface area contributed by atoms with Crippen molar-refractivity contribution in [2.75, 3.05) is 0 Å². The van der Waals surface area contributed by atoms with Crippen LogP contribution in [0.3, 0.4) is 0 Å². The monoisotopic (exact) mass is 278 g/mol. The minimum atomic E-state index is -0.0589. The van der Waals surface area contributed by atoms with E-state index in [2.05, 4.69) is 0 Å². The Morgan fingerprint density at radius 3 is 2.10 bits per heavy atom. The quantitative estimate of drug-likeness (QED) is 0.586. The lowest BCUT2D eigenvalue weighted by atomic mass is 9.93. The van der Waals surface area contributed by atoms with Crippen LogP contribution in [0.25, 0.3) is 0 Å². The van der Waals surface area contributed by atoms with Crippen molar-refractivity contribution < 1.29 is 9.59 Å². The summed E-state index contributed by atoms with van der Waals surface area (Å²) < 4.78 is 0. The highest BCUT2D eigenvalue weighted by molar-refractivity contribution is 6.04. The van der Waals surface area contributed by atoms with Crippen LogP contribution in [0.5, 0.6) is 0 Å². The molecule has 0 aliphatic heterocycles. The molecule has 2 nitrogen and oxygen atoms in total. The summed E-state index contributed by atoms with van der Waals surface area (Å²) in [5.74, 6) is 0.0112. The van der Waals surface area contributed by atoms with Crippen LogP contribution in [0.2, 0.25) is 0 Å². The van der Waals surface area contributed by atoms with Crippen LogP contribution >= 0.6 is 0 Å². The van der Waals surface area contributed by atoms with Gasteiger partial charge in [-0.05, 0) is 18.6 Å². The fraction of sp³-hybridized carbons (Fsp3) is 0.158. The fourth-order valence-electron chi connectivity index (χ4n) is 2.21. The Morgan fingerprint density at radius 1 is 0.952 bits per heavy atom. The first kappa shape index (κ1) is 14.9. The molecule has 0 amide bonds. The maximum atomic E-state index is 12.1. The summed E-state index contributed by atoms with van der Waals surface area (Å²) in [7, 11) is 0. The van der Waals surface area contributed by atoms with Gasteiger partial charge in [-0.2, -0.15) is 0 Å². The first-order valence-electron chi connectivity index (χ1n) is 6.99. The van der Waals surface area contributed by atoms with Crippen molar-refractivity contribution in [1.82, 2.24) is 0 Å². The number of allylic oxidation sites excluding steroid dienone is 2. The summed E-state index contributed by atoms with van der Waals surface area (Å²) in [4.78, 5) is 23.5. The second-order valence-corrected chi connectivity index (χ2v) is 5.01. The van der Waals surface area contributed by atoms with Crippen LogP contribution in [0.15, 0.2) is 72.8 Å². The van der Waals surface area contributed by atoms with Crippen molar-refractivity contribution in [2.24, 2.45) is 0 Å². The first-order valence-corrected chi connectivity index (χ1v) is 6.99. The van der Waals surface area contributed by atoms with Crippen molar-refractivity contribution in [2.45, 2.75) is 19.3 Å². The van der Waals surface area contributed by atoms with Crippen LogP contribution in [-0.2, 0) is 4.79 Å². The van der Waals surface area contributed by atoms with Gasteiger partial charge in [-0.3, -0.25) is 9.59 Å². The highest BCUT2D eigenvalue weighted by Gasteiger charge is 2.11. The summed E-state index contributed by atoms with van der Waals surface area (Å²) in [5.41, 5.74) is 1.70. The summed E-state index contributed by atoms with van der Waals surface area (Å²) in [6.07, 6.45) is 3.80. The molecule has 2 rings (SSSR count). The number of Topliss-reactive ketones (excluding diaryl/α,β-unsaturated/α-hetero) is 1. The van der Waals surface area contributed by atoms with Gasteiger partial charge >= 0.3 is 0 Å².